The molecule has 0 radical (unpaired) electrons. The molecule has 2 heterocycles. The Morgan fingerprint density at radius 3 is 3.12 bits per heavy atom. The first kappa shape index (κ1) is 9.66. The van der Waals surface area contributed by atoms with Crippen molar-refractivity contribution in [1.29, 1.82) is 0 Å². The highest BCUT2D eigenvalue weighted by Crippen LogP contribution is 2.20. The number of nitrogens with one attached hydrogen (secondary N) is 1. The van der Waals surface area contributed by atoms with Crippen LogP contribution in [0.1, 0.15) is 0 Å². The summed E-state index contributed by atoms with van der Waals surface area (Å²) in [4.78, 5) is 0. The number of hydrogen-bond acceptors (Lipinski definition) is 3. The molecule has 0 aliphatic carbocycles. The highest BCUT2D eigenvalue weighted by Gasteiger charge is 2.17. The van der Waals surface area contributed by atoms with Crippen LogP contribution in [-0.4, -0.2) is 29.5 Å². The van der Waals surface area contributed by atoms with E-state index >= 15 is 0 Å². The largest absolute Gasteiger partial charge is 0.493 e. The van der Waals surface area contributed by atoms with Gasteiger partial charge in [0.2, 0.25) is 0 Å². The van der Waals surface area contributed by atoms with Crippen LogP contribution in [0, 0.1) is 5.92 Å². The van der Waals surface area contributed by atoms with Gasteiger partial charge in [0.1, 0.15) is 5.75 Å². The minimum Gasteiger partial charge on any atom is -0.493 e. The summed E-state index contributed by atoms with van der Waals surface area (Å²) in [5.74, 6) is 1.61. The van der Waals surface area contributed by atoms with Crippen LogP contribution in [0.25, 0.3) is 10.9 Å². The fraction of sp³-hybridized carbons (Fsp3) is 0.417. The first-order valence-electron chi connectivity index (χ1n) is 5.58. The van der Waals surface area contributed by atoms with Gasteiger partial charge >= 0.3 is 0 Å². The molecule has 1 aromatic heterocycles. The molecule has 0 saturated carbocycles. The van der Waals surface area contributed by atoms with E-state index < -0.39 is 0 Å². The van der Waals surface area contributed by atoms with Crippen molar-refractivity contribution in [2.24, 2.45) is 13.0 Å². The lowest BCUT2D eigenvalue weighted by atomic mass is 10.1. The summed E-state index contributed by atoms with van der Waals surface area (Å²) in [5, 5.41) is 8.58. The van der Waals surface area contributed by atoms with E-state index in [0.717, 1.165) is 36.3 Å². The van der Waals surface area contributed by atoms with Crippen LogP contribution in [0.15, 0.2) is 24.4 Å². The third kappa shape index (κ3) is 1.65. The number of nitrogens with zero attached hydrogens (tertiary/aromatic N) is 2. The van der Waals surface area contributed by atoms with Gasteiger partial charge in [-0.25, -0.2) is 0 Å². The van der Waals surface area contributed by atoms with E-state index in [-0.39, 0.29) is 0 Å². The quantitative estimate of drug-likeness (QED) is 0.839. The normalized spacial score (nSPS) is 16.3. The van der Waals surface area contributed by atoms with E-state index in [9.17, 15) is 0 Å². The molecule has 4 nitrogen and oxygen atoms in total. The molecule has 1 aliphatic heterocycles. The Balaban J connectivity index is 1.76. The molecule has 1 N–H and O–H groups in total. The van der Waals surface area contributed by atoms with Crippen LogP contribution in [0.4, 0.5) is 0 Å². The molecule has 3 rings (SSSR count). The Hall–Kier alpha value is -1.55. The molecule has 0 atom stereocenters. The maximum atomic E-state index is 5.75. The molecule has 1 aliphatic rings. The van der Waals surface area contributed by atoms with Crippen LogP contribution in [0.3, 0.4) is 0 Å². The summed E-state index contributed by atoms with van der Waals surface area (Å²) < 4.78 is 7.62. The SMILES string of the molecule is Cn1ncc2cc(OCC3CNC3)ccc21. The Morgan fingerprint density at radius 2 is 2.38 bits per heavy atom. The number of benzene rings is 1. The molecular weight excluding hydrogens is 202 g/mol. The van der Waals surface area contributed by atoms with Gasteiger partial charge in [-0.3, -0.25) is 4.68 Å². The standard InChI is InChI=1S/C12H15N3O/c1-15-12-3-2-11(4-10(12)7-14-15)16-8-9-5-13-6-9/h2-4,7,9,13H,5-6,8H2,1H3. The molecule has 16 heavy (non-hydrogen) atoms. The molecule has 2 aromatic rings. The third-order valence-electron chi connectivity index (χ3n) is 3.07. The molecule has 0 spiro atoms. The summed E-state index contributed by atoms with van der Waals surface area (Å²) in [7, 11) is 1.95. The van der Waals surface area contributed by atoms with Crippen molar-refractivity contribution in [3.8, 4) is 5.75 Å². The zero-order valence-electron chi connectivity index (χ0n) is 9.31. The smallest absolute Gasteiger partial charge is 0.120 e. The van der Waals surface area contributed by atoms with Gasteiger partial charge in [0.15, 0.2) is 0 Å². The summed E-state index contributed by atoms with van der Waals surface area (Å²) in [6, 6.07) is 6.11. The Labute approximate surface area is 94.2 Å². The van der Waals surface area contributed by atoms with Crippen LogP contribution in [-0.2, 0) is 7.05 Å². The van der Waals surface area contributed by atoms with E-state index in [1.165, 1.54) is 0 Å². The van der Waals surface area contributed by atoms with E-state index in [4.69, 9.17) is 4.74 Å². The fourth-order valence-electron chi connectivity index (χ4n) is 1.91. The number of ether oxygens (including phenoxy) is 1. The highest BCUT2D eigenvalue weighted by atomic mass is 16.5. The Kier molecular flexibility index (Phi) is 2.29. The Bertz CT molecular complexity index is 502. The fourth-order valence-corrected chi connectivity index (χ4v) is 1.91. The summed E-state index contributed by atoms with van der Waals surface area (Å²) in [5.41, 5.74) is 1.14. The lowest BCUT2D eigenvalue weighted by Crippen LogP contribution is -2.45. The van der Waals surface area contributed by atoms with Crippen molar-refractivity contribution in [1.82, 2.24) is 15.1 Å². The summed E-state index contributed by atoms with van der Waals surface area (Å²) in [6.07, 6.45) is 1.87. The molecule has 0 unspecified atom stereocenters. The van der Waals surface area contributed by atoms with Gasteiger partial charge in [0.05, 0.1) is 18.3 Å². The van der Waals surface area contributed by atoms with E-state index in [1.807, 2.05) is 24.0 Å². The van der Waals surface area contributed by atoms with Crippen LogP contribution in [0.2, 0.25) is 0 Å². The van der Waals surface area contributed by atoms with Gasteiger partial charge < -0.3 is 10.1 Å². The van der Waals surface area contributed by atoms with E-state index in [0.29, 0.717) is 5.92 Å². The Morgan fingerprint density at radius 1 is 1.50 bits per heavy atom. The van der Waals surface area contributed by atoms with Gasteiger partial charge in [-0.1, -0.05) is 0 Å². The molecule has 0 bridgehead atoms. The van der Waals surface area contributed by atoms with Gasteiger partial charge in [0, 0.05) is 31.4 Å². The van der Waals surface area contributed by atoms with Crippen molar-refractivity contribution in [2.75, 3.05) is 19.7 Å². The maximum Gasteiger partial charge on any atom is 0.120 e. The average molecular weight is 217 g/mol. The topological polar surface area (TPSA) is 39.1 Å². The van der Waals surface area contributed by atoms with Crippen LogP contribution in [0.5, 0.6) is 5.75 Å². The molecular formula is C12H15N3O. The van der Waals surface area contributed by atoms with Gasteiger partial charge in [-0.15, -0.1) is 0 Å². The lowest BCUT2D eigenvalue weighted by molar-refractivity contribution is 0.199. The number of aromatic nitrogens is 2. The van der Waals surface area contributed by atoms with Crippen molar-refractivity contribution >= 4 is 10.9 Å². The zero-order valence-corrected chi connectivity index (χ0v) is 9.31. The van der Waals surface area contributed by atoms with Gasteiger partial charge in [-0.2, -0.15) is 5.10 Å². The van der Waals surface area contributed by atoms with Crippen molar-refractivity contribution < 1.29 is 4.74 Å². The first-order chi connectivity index (χ1) is 7.83. The number of rotatable bonds is 3. The maximum absolute atomic E-state index is 5.75. The lowest BCUT2D eigenvalue weighted by Gasteiger charge is -2.26. The predicted molar refractivity (Wildman–Crippen MR) is 62.6 cm³/mol. The number of aryl methyl sites for hydroxylation is 1. The second-order valence-corrected chi connectivity index (χ2v) is 4.32. The predicted octanol–water partition coefficient (Wildman–Crippen LogP) is 1.17. The molecule has 1 aromatic carbocycles. The minimum atomic E-state index is 0.671. The van der Waals surface area contributed by atoms with E-state index in [1.54, 1.807) is 0 Å². The highest BCUT2D eigenvalue weighted by molar-refractivity contribution is 5.80. The zero-order chi connectivity index (χ0) is 11.0. The monoisotopic (exact) mass is 217 g/mol. The van der Waals surface area contributed by atoms with Crippen molar-refractivity contribution in [2.45, 2.75) is 0 Å². The van der Waals surface area contributed by atoms with Gasteiger partial charge in [0.25, 0.3) is 0 Å². The van der Waals surface area contributed by atoms with Crippen LogP contribution >= 0.6 is 0 Å². The van der Waals surface area contributed by atoms with Crippen LogP contribution < -0.4 is 10.1 Å². The molecule has 0 amide bonds. The minimum absolute atomic E-state index is 0.671. The molecule has 4 heteroatoms. The summed E-state index contributed by atoms with van der Waals surface area (Å²) in [6.45, 7) is 2.96. The first-order valence-corrected chi connectivity index (χ1v) is 5.58. The summed E-state index contributed by atoms with van der Waals surface area (Å²) >= 11 is 0. The second-order valence-electron chi connectivity index (χ2n) is 4.32. The number of fused-ring (bicyclic) bond motifs is 1. The molecule has 84 valence electrons. The molecule has 1 saturated heterocycles. The second kappa shape index (κ2) is 3.79. The molecule has 1 fully saturated rings. The average Bonchev–Trinajstić information content (AvgIpc) is 2.58. The van der Waals surface area contributed by atoms with E-state index in [2.05, 4.69) is 22.5 Å². The van der Waals surface area contributed by atoms with Crippen molar-refractivity contribution in [3.63, 3.8) is 0 Å². The third-order valence-corrected chi connectivity index (χ3v) is 3.07. The van der Waals surface area contributed by atoms with Gasteiger partial charge in [-0.05, 0) is 18.2 Å². The van der Waals surface area contributed by atoms with Crippen molar-refractivity contribution in [3.05, 3.63) is 24.4 Å². The number of hydrogen-bond donors (Lipinski definition) is 1.